The second-order valence-electron chi connectivity index (χ2n) is 4.46. The molecule has 18 heavy (non-hydrogen) atoms. The highest BCUT2D eigenvalue weighted by atomic mass is 16.5. The monoisotopic (exact) mass is 251 g/mol. The highest BCUT2D eigenvalue weighted by Gasteiger charge is 2.52. The smallest absolute Gasteiger partial charge is 0.409 e. The summed E-state index contributed by atoms with van der Waals surface area (Å²) in [6.07, 6.45) is 7.09. The Kier molecular flexibility index (Phi) is 3.41. The number of allylic oxidation sites excluding steroid dienone is 2. The Balaban J connectivity index is 2.25. The predicted molar refractivity (Wildman–Crippen MR) is 64.8 cm³/mol. The van der Waals surface area contributed by atoms with Crippen LogP contribution in [0.4, 0.5) is 4.79 Å². The standard InChI is InChI=1S/C13H17NO4/c1-3-18-11(15)13-7-5-4-6-10(13)8-14(9-13)12(16)17-2/h4-7,10H,3,8-9H2,1-2H3. The van der Waals surface area contributed by atoms with Crippen LogP contribution < -0.4 is 0 Å². The van der Waals surface area contributed by atoms with Crippen molar-refractivity contribution < 1.29 is 19.1 Å². The molecule has 0 aromatic carbocycles. The minimum atomic E-state index is -0.751. The van der Waals surface area contributed by atoms with Gasteiger partial charge in [-0.05, 0) is 6.92 Å². The van der Waals surface area contributed by atoms with E-state index >= 15 is 0 Å². The van der Waals surface area contributed by atoms with Gasteiger partial charge in [0.1, 0.15) is 5.41 Å². The summed E-state index contributed by atoms with van der Waals surface area (Å²) < 4.78 is 9.86. The van der Waals surface area contributed by atoms with Gasteiger partial charge in [-0.1, -0.05) is 24.3 Å². The minimum Gasteiger partial charge on any atom is -0.465 e. The van der Waals surface area contributed by atoms with Crippen LogP contribution >= 0.6 is 0 Å². The first-order chi connectivity index (χ1) is 8.64. The number of carbonyl (C=O) groups excluding carboxylic acids is 2. The lowest BCUT2D eigenvalue weighted by Crippen LogP contribution is -2.39. The topological polar surface area (TPSA) is 55.8 Å². The Morgan fingerprint density at radius 3 is 2.89 bits per heavy atom. The predicted octanol–water partition coefficient (Wildman–Crippen LogP) is 1.36. The lowest BCUT2D eigenvalue weighted by molar-refractivity contribution is -0.153. The second-order valence-corrected chi connectivity index (χ2v) is 4.46. The Morgan fingerprint density at radius 2 is 2.22 bits per heavy atom. The zero-order valence-electron chi connectivity index (χ0n) is 10.6. The molecule has 1 fully saturated rings. The maximum Gasteiger partial charge on any atom is 0.409 e. The molecule has 98 valence electrons. The average Bonchev–Trinajstić information content (AvgIpc) is 2.78. The molecule has 2 rings (SSSR count). The van der Waals surface area contributed by atoms with Gasteiger partial charge in [-0.25, -0.2) is 4.79 Å². The molecular weight excluding hydrogens is 234 g/mol. The van der Waals surface area contributed by atoms with Crippen LogP contribution in [0.2, 0.25) is 0 Å². The van der Waals surface area contributed by atoms with Crippen LogP contribution in [-0.2, 0) is 14.3 Å². The first kappa shape index (κ1) is 12.7. The third-order valence-corrected chi connectivity index (χ3v) is 3.47. The summed E-state index contributed by atoms with van der Waals surface area (Å²) in [7, 11) is 1.34. The molecule has 1 amide bonds. The fourth-order valence-corrected chi connectivity index (χ4v) is 2.55. The molecule has 0 aromatic rings. The molecule has 2 atom stereocenters. The summed E-state index contributed by atoms with van der Waals surface area (Å²) in [5, 5.41) is 0. The maximum absolute atomic E-state index is 12.2. The van der Waals surface area contributed by atoms with Crippen molar-refractivity contribution in [3.05, 3.63) is 24.3 Å². The first-order valence-corrected chi connectivity index (χ1v) is 6.00. The van der Waals surface area contributed by atoms with E-state index in [9.17, 15) is 9.59 Å². The molecule has 2 aliphatic rings. The molecule has 0 aromatic heterocycles. The van der Waals surface area contributed by atoms with Gasteiger partial charge >= 0.3 is 12.1 Å². The molecule has 0 N–H and O–H groups in total. The van der Waals surface area contributed by atoms with Crippen LogP contribution in [0.25, 0.3) is 0 Å². The maximum atomic E-state index is 12.2. The molecule has 0 spiro atoms. The van der Waals surface area contributed by atoms with E-state index in [4.69, 9.17) is 9.47 Å². The number of hydrogen-bond donors (Lipinski definition) is 0. The van der Waals surface area contributed by atoms with E-state index in [0.29, 0.717) is 19.7 Å². The van der Waals surface area contributed by atoms with Gasteiger partial charge in [-0.15, -0.1) is 0 Å². The van der Waals surface area contributed by atoms with Gasteiger partial charge in [-0.2, -0.15) is 0 Å². The van der Waals surface area contributed by atoms with E-state index in [-0.39, 0.29) is 11.9 Å². The number of rotatable bonds is 2. The van der Waals surface area contributed by atoms with Gasteiger partial charge in [-0.3, -0.25) is 4.79 Å². The summed E-state index contributed by atoms with van der Waals surface area (Å²) in [6.45, 7) is 2.90. The van der Waals surface area contributed by atoms with Crippen molar-refractivity contribution in [3.63, 3.8) is 0 Å². The fourth-order valence-electron chi connectivity index (χ4n) is 2.55. The van der Waals surface area contributed by atoms with Crippen LogP contribution in [0, 0.1) is 11.3 Å². The number of ether oxygens (including phenoxy) is 2. The molecule has 5 nitrogen and oxygen atoms in total. The Hall–Kier alpha value is -1.78. The zero-order valence-corrected chi connectivity index (χ0v) is 10.6. The third kappa shape index (κ3) is 1.89. The van der Waals surface area contributed by atoms with Gasteiger partial charge < -0.3 is 14.4 Å². The molecule has 0 bridgehead atoms. The highest BCUT2D eigenvalue weighted by molar-refractivity contribution is 5.83. The molecule has 1 aliphatic heterocycles. The third-order valence-electron chi connectivity index (χ3n) is 3.47. The van der Waals surface area contributed by atoms with Crippen molar-refractivity contribution in [2.24, 2.45) is 11.3 Å². The SMILES string of the molecule is CCOC(=O)C12C=CC=CC1CN(C(=O)OC)C2. The fraction of sp³-hybridized carbons (Fsp3) is 0.538. The normalized spacial score (nSPS) is 29.0. The van der Waals surface area contributed by atoms with Crippen molar-refractivity contribution >= 4 is 12.1 Å². The van der Waals surface area contributed by atoms with Crippen LogP contribution in [0.15, 0.2) is 24.3 Å². The highest BCUT2D eigenvalue weighted by Crippen LogP contribution is 2.41. The molecule has 1 aliphatic carbocycles. The van der Waals surface area contributed by atoms with E-state index < -0.39 is 11.5 Å². The quantitative estimate of drug-likeness (QED) is 0.695. The molecule has 0 radical (unpaired) electrons. The molecule has 1 saturated heterocycles. The van der Waals surface area contributed by atoms with Gasteiger partial charge in [0.2, 0.25) is 0 Å². The van der Waals surface area contributed by atoms with Crippen molar-refractivity contribution in [1.29, 1.82) is 0 Å². The van der Waals surface area contributed by atoms with E-state index in [0.717, 1.165) is 0 Å². The van der Waals surface area contributed by atoms with Crippen LogP contribution in [-0.4, -0.2) is 43.8 Å². The van der Waals surface area contributed by atoms with Crippen LogP contribution in [0.1, 0.15) is 6.92 Å². The number of amides is 1. The van der Waals surface area contributed by atoms with Gasteiger partial charge in [0.25, 0.3) is 0 Å². The van der Waals surface area contributed by atoms with Gasteiger partial charge in [0.15, 0.2) is 0 Å². The van der Waals surface area contributed by atoms with Gasteiger partial charge in [0, 0.05) is 19.0 Å². The number of likely N-dealkylation sites (tertiary alicyclic amines) is 1. The average molecular weight is 251 g/mol. The van der Waals surface area contributed by atoms with Crippen LogP contribution in [0.5, 0.6) is 0 Å². The van der Waals surface area contributed by atoms with Crippen molar-refractivity contribution in [3.8, 4) is 0 Å². The zero-order chi connectivity index (χ0) is 13.2. The van der Waals surface area contributed by atoms with E-state index in [1.165, 1.54) is 7.11 Å². The van der Waals surface area contributed by atoms with Crippen LogP contribution in [0.3, 0.4) is 0 Å². The number of methoxy groups -OCH3 is 1. The van der Waals surface area contributed by atoms with Crippen molar-refractivity contribution in [1.82, 2.24) is 4.90 Å². The molecule has 1 heterocycles. The lowest BCUT2D eigenvalue weighted by Gasteiger charge is -2.28. The Morgan fingerprint density at radius 1 is 1.44 bits per heavy atom. The second kappa shape index (κ2) is 4.84. The number of esters is 1. The number of carbonyl (C=O) groups is 2. The summed E-state index contributed by atoms with van der Waals surface area (Å²) in [6, 6.07) is 0. The number of hydrogen-bond acceptors (Lipinski definition) is 4. The summed E-state index contributed by atoms with van der Waals surface area (Å²) in [4.78, 5) is 25.3. The largest absolute Gasteiger partial charge is 0.465 e. The minimum absolute atomic E-state index is 0.0411. The molecule has 5 heteroatoms. The first-order valence-electron chi connectivity index (χ1n) is 6.00. The summed E-state index contributed by atoms with van der Waals surface area (Å²) >= 11 is 0. The van der Waals surface area contributed by atoms with E-state index in [1.807, 2.05) is 24.3 Å². The van der Waals surface area contributed by atoms with Gasteiger partial charge in [0.05, 0.1) is 13.7 Å². The van der Waals surface area contributed by atoms with Crippen molar-refractivity contribution in [2.75, 3.05) is 26.8 Å². The van der Waals surface area contributed by atoms with E-state index in [2.05, 4.69) is 0 Å². The molecular formula is C13H17NO4. The Bertz CT molecular complexity index is 415. The molecule has 0 saturated carbocycles. The number of fused-ring (bicyclic) bond motifs is 1. The lowest BCUT2D eigenvalue weighted by atomic mass is 9.75. The van der Waals surface area contributed by atoms with E-state index in [1.54, 1.807) is 11.8 Å². The summed E-state index contributed by atoms with van der Waals surface area (Å²) in [5.41, 5.74) is -0.751. The summed E-state index contributed by atoms with van der Waals surface area (Å²) in [5.74, 6) is -0.317. The van der Waals surface area contributed by atoms with Crippen molar-refractivity contribution in [2.45, 2.75) is 6.92 Å². The Labute approximate surface area is 106 Å². The number of nitrogens with zero attached hydrogens (tertiary/aromatic N) is 1. The molecule has 2 unspecified atom stereocenters.